The number of carbonyl (C=O) groups is 1. The Morgan fingerprint density at radius 1 is 1.15 bits per heavy atom. The molecule has 4 rings (SSSR count). The summed E-state index contributed by atoms with van der Waals surface area (Å²) in [4.78, 5) is 22.9. The molecule has 2 aromatic carbocycles. The van der Waals surface area contributed by atoms with E-state index < -0.39 is 6.04 Å². The highest BCUT2D eigenvalue weighted by molar-refractivity contribution is 8.00. The first kappa shape index (κ1) is 17.5. The molecule has 0 fully saturated rings. The van der Waals surface area contributed by atoms with Crippen molar-refractivity contribution in [2.75, 3.05) is 0 Å². The van der Waals surface area contributed by atoms with Crippen molar-refractivity contribution in [3.63, 3.8) is 0 Å². The molecule has 1 aromatic heterocycles. The second-order valence-electron chi connectivity index (χ2n) is 5.98. The number of Topliss-reactive ketones (excluding diaryl/α,β-unsaturated/α-hetero) is 1. The summed E-state index contributed by atoms with van der Waals surface area (Å²) in [6, 6.07) is 15.2. The Hall–Kier alpha value is -1.95. The van der Waals surface area contributed by atoms with Gasteiger partial charge in [-0.15, -0.1) is 11.3 Å². The van der Waals surface area contributed by atoms with E-state index in [1.807, 2.05) is 37.3 Å². The summed E-state index contributed by atoms with van der Waals surface area (Å²) in [6.07, 6.45) is 1.76. The van der Waals surface area contributed by atoms with Gasteiger partial charge in [-0.2, -0.15) is 0 Å². The molecule has 0 N–H and O–H groups in total. The van der Waals surface area contributed by atoms with Crippen molar-refractivity contribution in [2.24, 2.45) is 4.99 Å². The van der Waals surface area contributed by atoms with Crippen LogP contribution in [0.1, 0.15) is 38.1 Å². The lowest BCUT2D eigenvalue weighted by molar-refractivity contribution is 0.0955. The SMILES string of the molecule is Cc1cccc(Cl)c1C1N=Cc2sc(SCc3ccccc3)nc2C1=O. The van der Waals surface area contributed by atoms with E-state index >= 15 is 0 Å². The second kappa shape index (κ2) is 7.35. The molecular weight excluding hydrogens is 384 g/mol. The smallest absolute Gasteiger partial charge is 0.211 e. The van der Waals surface area contributed by atoms with Crippen molar-refractivity contribution in [3.8, 4) is 0 Å². The van der Waals surface area contributed by atoms with E-state index in [9.17, 15) is 4.79 Å². The number of thioether (sulfide) groups is 1. The van der Waals surface area contributed by atoms with Crippen molar-refractivity contribution in [1.29, 1.82) is 0 Å². The first-order chi connectivity index (χ1) is 12.6. The Morgan fingerprint density at radius 2 is 1.96 bits per heavy atom. The summed E-state index contributed by atoms with van der Waals surface area (Å²) < 4.78 is 0.884. The standard InChI is InChI=1S/C20H15ClN2OS2/c1-12-6-5-9-14(21)16(12)18-19(24)17-15(10-22-18)26-20(23-17)25-11-13-7-3-2-4-8-13/h2-10,18H,11H2,1H3. The van der Waals surface area contributed by atoms with Gasteiger partial charge in [0.2, 0.25) is 5.78 Å². The number of aromatic nitrogens is 1. The van der Waals surface area contributed by atoms with E-state index in [1.54, 1.807) is 24.0 Å². The Balaban J connectivity index is 1.58. The number of hydrogen-bond acceptors (Lipinski definition) is 5. The van der Waals surface area contributed by atoms with Crippen LogP contribution in [0, 0.1) is 6.92 Å². The average molecular weight is 399 g/mol. The zero-order valence-corrected chi connectivity index (χ0v) is 16.4. The summed E-state index contributed by atoms with van der Waals surface area (Å²) in [5.74, 6) is 0.743. The van der Waals surface area contributed by atoms with Gasteiger partial charge < -0.3 is 0 Å². The van der Waals surface area contributed by atoms with Gasteiger partial charge >= 0.3 is 0 Å². The third kappa shape index (κ3) is 3.34. The predicted octanol–water partition coefficient (Wildman–Crippen LogP) is 5.75. The van der Waals surface area contributed by atoms with Crippen molar-refractivity contribution in [1.82, 2.24) is 4.98 Å². The summed E-state index contributed by atoms with van der Waals surface area (Å²) in [5.41, 5.74) is 3.47. The quantitative estimate of drug-likeness (QED) is 0.525. The summed E-state index contributed by atoms with van der Waals surface area (Å²) in [5, 5.41) is 0.567. The molecule has 3 aromatic rings. The van der Waals surface area contributed by atoms with Crippen molar-refractivity contribution >= 4 is 46.7 Å². The van der Waals surface area contributed by atoms with E-state index in [0.717, 1.165) is 26.1 Å². The van der Waals surface area contributed by atoms with Gasteiger partial charge in [-0.25, -0.2) is 4.98 Å². The summed E-state index contributed by atoms with van der Waals surface area (Å²) in [6.45, 7) is 1.95. The minimum absolute atomic E-state index is 0.0819. The molecule has 0 aliphatic carbocycles. The van der Waals surface area contributed by atoms with Crippen LogP contribution in [0.5, 0.6) is 0 Å². The van der Waals surface area contributed by atoms with Crippen LogP contribution < -0.4 is 0 Å². The number of rotatable bonds is 4. The van der Waals surface area contributed by atoms with E-state index in [4.69, 9.17) is 11.6 Å². The van der Waals surface area contributed by atoms with Gasteiger partial charge in [-0.1, -0.05) is 65.8 Å². The lowest BCUT2D eigenvalue weighted by atomic mass is 9.95. The highest BCUT2D eigenvalue weighted by Gasteiger charge is 2.32. The number of carbonyl (C=O) groups excluding carboxylic acids is 1. The van der Waals surface area contributed by atoms with Crippen molar-refractivity contribution in [3.05, 3.63) is 80.8 Å². The fraction of sp³-hybridized carbons (Fsp3) is 0.150. The lowest BCUT2D eigenvalue weighted by Gasteiger charge is -2.17. The summed E-state index contributed by atoms with van der Waals surface area (Å²) >= 11 is 9.48. The molecule has 6 heteroatoms. The van der Waals surface area contributed by atoms with Crippen LogP contribution in [0.25, 0.3) is 0 Å². The summed E-state index contributed by atoms with van der Waals surface area (Å²) in [7, 11) is 0. The highest BCUT2D eigenvalue weighted by Crippen LogP contribution is 2.37. The van der Waals surface area contributed by atoms with E-state index in [0.29, 0.717) is 10.7 Å². The minimum Gasteiger partial charge on any atom is -0.290 e. The van der Waals surface area contributed by atoms with Crippen molar-refractivity contribution in [2.45, 2.75) is 23.1 Å². The van der Waals surface area contributed by atoms with Gasteiger partial charge in [-0.3, -0.25) is 9.79 Å². The number of nitrogens with zero attached hydrogens (tertiary/aromatic N) is 2. The average Bonchev–Trinajstić information content (AvgIpc) is 3.07. The molecule has 130 valence electrons. The van der Waals surface area contributed by atoms with Crippen LogP contribution in [0.15, 0.2) is 57.9 Å². The monoisotopic (exact) mass is 398 g/mol. The zero-order valence-electron chi connectivity index (χ0n) is 14.0. The number of ketones is 1. The molecule has 0 radical (unpaired) electrons. The fourth-order valence-electron chi connectivity index (χ4n) is 2.89. The zero-order chi connectivity index (χ0) is 18.1. The first-order valence-corrected chi connectivity index (χ1v) is 10.3. The molecule has 1 atom stereocenters. The van der Waals surface area contributed by atoms with Crippen LogP contribution >= 0.6 is 34.7 Å². The van der Waals surface area contributed by atoms with Gasteiger partial charge in [0.1, 0.15) is 11.7 Å². The Kier molecular flexibility index (Phi) is 4.94. The van der Waals surface area contributed by atoms with E-state index in [2.05, 4.69) is 22.1 Å². The number of aryl methyl sites for hydroxylation is 1. The molecule has 0 bridgehead atoms. The Morgan fingerprint density at radius 3 is 2.73 bits per heavy atom. The van der Waals surface area contributed by atoms with Gasteiger partial charge in [-0.05, 0) is 24.1 Å². The number of halogens is 1. The minimum atomic E-state index is -0.606. The van der Waals surface area contributed by atoms with Gasteiger partial charge in [0.25, 0.3) is 0 Å². The number of thiazole rings is 1. The van der Waals surface area contributed by atoms with Crippen LogP contribution in [0.2, 0.25) is 5.02 Å². The molecule has 1 unspecified atom stereocenters. The van der Waals surface area contributed by atoms with Gasteiger partial charge in [0, 0.05) is 22.6 Å². The maximum atomic E-state index is 13.0. The highest BCUT2D eigenvalue weighted by atomic mass is 35.5. The lowest BCUT2D eigenvalue weighted by Crippen LogP contribution is -2.18. The first-order valence-electron chi connectivity index (χ1n) is 8.13. The maximum Gasteiger partial charge on any atom is 0.211 e. The van der Waals surface area contributed by atoms with Crippen LogP contribution in [-0.4, -0.2) is 17.0 Å². The molecule has 1 aliphatic rings. The Labute approximate surface area is 165 Å². The van der Waals surface area contributed by atoms with Gasteiger partial charge in [0.05, 0.1) is 4.88 Å². The van der Waals surface area contributed by atoms with E-state index in [1.165, 1.54) is 16.9 Å². The number of aliphatic imine (C=N–C) groups is 1. The largest absolute Gasteiger partial charge is 0.290 e. The Bertz CT molecular complexity index is 978. The molecule has 1 aliphatic heterocycles. The molecule has 26 heavy (non-hydrogen) atoms. The fourth-order valence-corrected chi connectivity index (χ4v) is 5.22. The van der Waals surface area contributed by atoms with Crippen LogP contribution in [0.3, 0.4) is 0 Å². The number of benzene rings is 2. The molecule has 0 amide bonds. The second-order valence-corrected chi connectivity index (χ2v) is 8.64. The van der Waals surface area contributed by atoms with Gasteiger partial charge in [0.15, 0.2) is 4.34 Å². The third-order valence-corrected chi connectivity index (χ3v) is 6.74. The number of fused-ring (bicyclic) bond motifs is 1. The molecule has 3 nitrogen and oxygen atoms in total. The number of hydrogen-bond donors (Lipinski definition) is 0. The van der Waals surface area contributed by atoms with Crippen LogP contribution in [0.4, 0.5) is 0 Å². The molecule has 2 heterocycles. The van der Waals surface area contributed by atoms with Crippen LogP contribution in [-0.2, 0) is 5.75 Å². The third-order valence-electron chi connectivity index (χ3n) is 4.21. The van der Waals surface area contributed by atoms with E-state index in [-0.39, 0.29) is 5.78 Å². The van der Waals surface area contributed by atoms with Crippen molar-refractivity contribution < 1.29 is 4.79 Å². The molecule has 0 spiro atoms. The normalized spacial score (nSPS) is 15.9. The molecule has 0 saturated carbocycles. The molecular formula is C20H15ClN2OS2. The topological polar surface area (TPSA) is 42.3 Å². The molecule has 0 saturated heterocycles. The maximum absolute atomic E-state index is 13.0. The predicted molar refractivity (Wildman–Crippen MR) is 109 cm³/mol.